The molecule has 1 fully saturated rings. The van der Waals surface area contributed by atoms with Gasteiger partial charge < -0.3 is 5.11 Å². The van der Waals surface area contributed by atoms with E-state index < -0.39 is 27.7 Å². The molecule has 8 heteroatoms. The molecule has 1 saturated heterocycles. The lowest BCUT2D eigenvalue weighted by Gasteiger charge is -2.29. The van der Waals surface area contributed by atoms with Crippen molar-refractivity contribution in [1.82, 2.24) is 9.29 Å². The molecule has 0 spiro atoms. The van der Waals surface area contributed by atoms with Crippen molar-refractivity contribution < 1.29 is 22.7 Å². The Bertz CT molecular complexity index is 590. The number of halogens is 1. The Morgan fingerprint density at radius 1 is 1.47 bits per heavy atom. The fraction of sp³-hybridized carbons (Fsp3) is 0.455. The third-order valence-corrected chi connectivity index (χ3v) is 4.88. The number of carboxylic acids is 1. The molecule has 1 aliphatic heterocycles. The van der Waals surface area contributed by atoms with Crippen LogP contribution in [-0.2, 0) is 14.8 Å². The molecular weight excluding hydrogens is 275 g/mol. The van der Waals surface area contributed by atoms with Crippen LogP contribution < -0.4 is 0 Å². The molecule has 0 amide bonds. The zero-order valence-electron chi connectivity index (χ0n) is 9.99. The minimum atomic E-state index is -3.88. The van der Waals surface area contributed by atoms with E-state index in [1.165, 1.54) is 0 Å². The third kappa shape index (κ3) is 2.90. The number of carbonyl (C=O) groups is 1. The maximum absolute atomic E-state index is 13.0. The van der Waals surface area contributed by atoms with E-state index in [-0.39, 0.29) is 18.0 Å². The van der Waals surface area contributed by atoms with E-state index in [0.717, 1.165) is 22.8 Å². The summed E-state index contributed by atoms with van der Waals surface area (Å²) in [6.45, 7) is 0.150. The molecule has 6 nitrogen and oxygen atoms in total. The first kappa shape index (κ1) is 13.9. The summed E-state index contributed by atoms with van der Waals surface area (Å²) in [5.74, 6) is -2.48. The number of aliphatic carboxylic acids is 1. The largest absolute Gasteiger partial charge is 0.481 e. The molecule has 1 atom stereocenters. The SMILES string of the molecule is O=C(O)C1CCCN(S(=O)(=O)c2cncc(F)c2)C1. The van der Waals surface area contributed by atoms with Crippen molar-refractivity contribution in [2.24, 2.45) is 5.92 Å². The molecule has 1 N–H and O–H groups in total. The number of hydrogen-bond acceptors (Lipinski definition) is 4. The van der Waals surface area contributed by atoms with E-state index >= 15 is 0 Å². The fourth-order valence-corrected chi connectivity index (χ4v) is 3.54. The van der Waals surface area contributed by atoms with E-state index in [1.807, 2.05) is 0 Å². The summed E-state index contributed by atoms with van der Waals surface area (Å²) in [5, 5.41) is 8.94. The molecule has 0 radical (unpaired) electrons. The fourth-order valence-electron chi connectivity index (χ4n) is 2.04. The van der Waals surface area contributed by atoms with Crippen molar-refractivity contribution in [3.8, 4) is 0 Å². The van der Waals surface area contributed by atoms with Gasteiger partial charge in [0.15, 0.2) is 0 Å². The summed E-state index contributed by atoms with van der Waals surface area (Å²) < 4.78 is 38.6. The van der Waals surface area contributed by atoms with Gasteiger partial charge in [0.1, 0.15) is 10.7 Å². The van der Waals surface area contributed by atoms with Gasteiger partial charge in [-0.2, -0.15) is 4.31 Å². The van der Waals surface area contributed by atoms with E-state index in [0.29, 0.717) is 12.8 Å². The topological polar surface area (TPSA) is 87.6 Å². The molecule has 1 aromatic heterocycles. The van der Waals surface area contributed by atoms with Gasteiger partial charge >= 0.3 is 5.97 Å². The second kappa shape index (κ2) is 5.22. The van der Waals surface area contributed by atoms with Gasteiger partial charge in [-0.1, -0.05) is 0 Å². The van der Waals surface area contributed by atoms with Crippen LogP contribution in [0.15, 0.2) is 23.4 Å². The van der Waals surface area contributed by atoms with Crippen LogP contribution in [0.3, 0.4) is 0 Å². The molecule has 0 bridgehead atoms. The zero-order valence-corrected chi connectivity index (χ0v) is 10.8. The molecular formula is C11H13FN2O4S. The summed E-state index contributed by atoms with van der Waals surface area (Å²) >= 11 is 0. The van der Waals surface area contributed by atoms with Crippen molar-refractivity contribution >= 4 is 16.0 Å². The highest BCUT2D eigenvalue weighted by atomic mass is 32.2. The number of nitrogens with zero attached hydrogens (tertiary/aromatic N) is 2. The molecule has 0 aromatic carbocycles. The smallest absolute Gasteiger partial charge is 0.307 e. The lowest BCUT2D eigenvalue weighted by Crippen LogP contribution is -2.42. The number of aromatic nitrogens is 1. The van der Waals surface area contributed by atoms with Gasteiger partial charge in [-0.15, -0.1) is 0 Å². The Morgan fingerprint density at radius 3 is 2.84 bits per heavy atom. The highest BCUT2D eigenvalue weighted by Gasteiger charge is 2.33. The lowest BCUT2D eigenvalue weighted by molar-refractivity contribution is -0.142. The van der Waals surface area contributed by atoms with Crippen LogP contribution in [0.1, 0.15) is 12.8 Å². The molecule has 0 aliphatic carbocycles. The average Bonchev–Trinajstić information content (AvgIpc) is 2.39. The Hall–Kier alpha value is -1.54. The predicted molar refractivity (Wildman–Crippen MR) is 63.3 cm³/mol. The average molecular weight is 288 g/mol. The van der Waals surface area contributed by atoms with Crippen LogP contribution in [0.25, 0.3) is 0 Å². The number of pyridine rings is 1. The number of carboxylic acid groups (broad SMARTS) is 1. The molecule has 1 aromatic rings. The Balaban J connectivity index is 2.27. The van der Waals surface area contributed by atoms with Gasteiger partial charge in [0, 0.05) is 19.3 Å². The molecule has 2 rings (SSSR count). The van der Waals surface area contributed by atoms with Crippen LogP contribution >= 0.6 is 0 Å². The summed E-state index contributed by atoms with van der Waals surface area (Å²) in [7, 11) is -3.88. The summed E-state index contributed by atoms with van der Waals surface area (Å²) in [6.07, 6.45) is 2.89. The van der Waals surface area contributed by atoms with Gasteiger partial charge in [-0.25, -0.2) is 12.8 Å². The maximum atomic E-state index is 13.0. The monoisotopic (exact) mass is 288 g/mol. The normalized spacial score (nSPS) is 21.2. The van der Waals surface area contributed by atoms with Crippen LogP contribution in [0, 0.1) is 11.7 Å². The second-order valence-electron chi connectivity index (χ2n) is 4.38. The van der Waals surface area contributed by atoms with Gasteiger partial charge in [-0.05, 0) is 18.9 Å². The molecule has 104 valence electrons. The Kier molecular flexibility index (Phi) is 3.81. The lowest BCUT2D eigenvalue weighted by atomic mass is 10.0. The first-order valence-corrected chi connectivity index (χ1v) is 7.19. The Morgan fingerprint density at radius 2 is 2.21 bits per heavy atom. The summed E-state index contributed by atoms with van der Waals surface area (Å²) in [5.41, 5.74) is 0. The van der Waals surface area contributed by atoms with Crippen molar-refractivity contribution in [3.63, 3.8) is 0 Å². The number of sulfonamides is 1. The number of piperidine rings is 1. The summed E-state index contributed by atoms with van der Waals surface area (Å²) in [4.78, 5) is 14.2. The van der Waals surface area contributed by atoms with Crippen LogP contribution in [0.4, 0.5) is 4.39 Å². The third-order valence-electron chi connectivity index (χ3n) is 3.05. The van der Waals surface area contributed by atoms with Crippen LogP contribution in [0.5, 0.6) is 0 Å². The molecule has 1 aliphatic rings. The highest BCUT2D eigenvalue weighted by molar-refractivity contribution is 7.89. The standard InChI is InChI=1S/C11H13FN2O4S/c12-9-4-10(6-13-5-9)19(17,18)14-3-1-2-8(7-14)11(15)16/h4-6,8H,1-3,7H2,(H,15,16). The van der Waals surface area contributed by atoms with Gasteiger partial charge in [0.2, 0.25) is 10.0 Å². The van der Waals surface area contributed by atoms with Crippen LogP contribution in [0.2, 0.25) is 0 Å². The maximum Gasteiger partial charge on any atom is 0.307 e. The van der Waals surface area contributed by atoms with Gasteiger partial charge in [0.25, 0.3) is 0 Å². The first-order chi connectivity index (χ1) is 8.91. The van der Waals surface area contributed by atoms with Crippen LogP contribution in [-0.4, -0.2) is 41.9 Å². The Labute approximate surface area is 109 Å². The van der Waals surface area contributed by atoms with E-state index in [9.17, 15) is 17.6 Å². The quantitative estimate of drug-likeness (QED) is 0.885. The number of rotatable bonds is 3. The van der Waals surface area contributed by atoms with Crippen molar-refractivity contribution in [2.75, 3.05) is 13.1 Å². The summed E-state index contributed by atoms with van der Waals surface area (Å²) in [6, 6.07) is 0.882. The molecule has 19 heavy (non-hydrogen) atoms. The van der Waals surface area contributed by atoms with Crippen molar-refractivity contribution in [1.29, 1.82) is 0 Å². The molecule has 2 heterocycles. The van der Waals surface area contributed by atoms with Gasteiger partial charge in [0.05, 0.1) is 12.1 Å². The minimum absolute atomic E-state index is 0.0891. The zero-order chi connectivity index (χ0) is 14.0. The van der Waals surface area contributed by atoms with E-state index in [1.54, 1.807) is 0 Å². The first-order valence-electron chi connectivity index (χ1n) is 5.75. The molecule has 0 saturated carbocycles. The highest BCUT2D eigenvalue weighted by Crippen LogP contribution is 2.23. The minimum Gasteiger partial charge on any atom is -0.481 e. The molecule has 1 unspecified atom stereocenters. The number of hydrogen-bond donors (Lipinski definition) is 1. The van der Waals surface area contributed by atoms with Gasteiger partial charge in [-0.3, -0.25) is 9.78 Å². The van der Waals surface area contributed by atoms with Crippen molar-refractivity contribution in [3.05, 3.63) is 24.3 Å². The second-order valence-corrected chi connectivity index (χ2v) is 6.32. The predicted octanol–water partition coefficient (Wildman–Crippen LogP) is 0.706. The van der Waals surface area contributed by atoms with E-state index in [2.05, 4.69) is 4.98 Å². The van der Waals surface area contributed by atoms with E-state index in [4.69, 9.17) is 5.11 Å². The van der Waals surface area contributed by atoms with Crippen molar-refractivity contribution in [2.45, 2.75) is 17.7 Å².